The minimum atomic E-state index is -3.33. The molecular formula is C21H27N3O3S. The number of rotatable bonds is 6. The maximum atomic E-state index is 12.3. The number of carbonyl (C=O) groups is 1. The molecule has 4 N–H and O–H groups in total. The van der Waals surface area contributed by atoms with E-state index in [1.54, 1.807) is 26.0 Å². The molecule has 3 rings (SSSR count). The molecule has 0 saturated carbocycles. The highest BCUT2D eigenvalue weighted by Crippen LogP contribution is 2.29. The van der Waals surface area contributed by atoms with Gasteiger partial charge in [0.25, 0.3) is 0 Å². The Bertz CT molecular complexity index is 940. The number of carbonyl (C=O) groups excluding carboxylic acids is 1. The van der Waals surface area contributed by atoms with Gasteiger partial charge in [-0.3, -0.25) is 4.79 Å². The van der Waals surface area contributed by atoms with E-state index in [9.17, 15) is 13.2 Å². The van der Waals surface area contributed by atoms with Gasteiger partial charge in [-0.1, -0.05) is 42.5 Å². The molecule has 1 saturated heterocycles. The summed E-state index contributed by atoms with van der Waals surface area (Å²) < 4.78 is 27.6. The van der Waals surface area contributed by atoms with Gasteiger partial charge in [0.15, 0.2) is 0 Å². The molecule has 2 aromatic rings. The van der Waals surface area contributed by atoms with Gasteiger partial charge < -0.3 is 11.1 Å². The molecule has 0 aromatic heterocycles. The topological polar surface area (TPSA) is 101 Å². The number of hydrogen-bond acceptors (Lipinski definition) is 4. The van der Waals surface area contributed by atoms with E-state index < -0.39 is 21.2 Å². The normalized spacial score (nSPS) is 20.2. The second-order valence-electron chi connectivity index (χ2n) is 7.45. The van der Waals surface area contributed by atoms with Crippen LogP contribution < -0.4 is 15.8 Å². The quantitative estimate of drug-likeness (QED) is 0.691. The minimum Gasteiger partial charge on any atom is -0.366 e. The maximum Gasteiger partial charge on any atom is 0.249 e. The van der Waals surface area contributed by atoms with Crippen LogP contribution in [-0.4, -0.2) is 38.7 Å². The Morgan fingerprint density at radius 2 is 1.82 bits per heavy atom. The average molecular weight is 402 g/mol. The van der Waals surface area contributed by atoms with Crippen molar-refractivity contribution in [3.63, 3.8) is 0 Å². The molecule has 1 aliphatic heterocycles. The first-order valence-electron chi connectivity index (χ1n) is 9.50. The molecule has 150 valence electrons. The molecule has 2 aromatic carbocycles. The standard InChI is InChI=1S/C21H27N3O3S/c1-14(2)28(26,27)24-20-11-12-23-13-19(20)16-9-7-15(8-10-16)17-5-3-4-6-18(17)21(22)25/h3-10,14,19-20,23-24H,11-13H2,1-2H3,(H2,22,25). The van der Waals surface area contributed by atoms with Gasteiger partial charge >= 0.3 is 0 Å². The lowest BCUT2D eigenvalue weighted by Crippen LogP contribution is -2.49. The van der Waals surface area contributed by atoms with Crippen LogP contribution in [0.2, 0.25) is 0 Å². The van der Waals surface area contributed by atoms with E-state index in [-0.39, 0.29) is 12.0 Å². The summed E-state index contributed by atoms with van der Waals surface area (Å²) in [6.45, 7) is 4.86. The molecule has 1 amide bonds. The highest BCUT2D eigenvalue weighted by atomic mass is 32.2. The Balaban J connectivity index is 1.87. The summed E-state index contributed by atoms with van der Waals surface area (Å²) in [6.07, 6.45) is 0.739. The first kappa shape index (κ1) is 20.5. The molecule has 0 spiro atoms. The van der Waals surface area contributed by atoms with Crippen molar-refractivity contribution in [3.05, 3.63) is 59.7 Å². The molecule has 7 heteroatoms. The van der Waals surface area contributed by atoms with Crippen molar-refractivity contribution < 1.29 is 13.2 Å². The first-order chi connectivity index (χ1) is 13.3. The summed E-state index contributed by atoms with van der Waals surface area (Å²) in [7, 11) is -3.33. The molecule has 6 nitrogen and oxygen atoms in total. The number of sulfonamides is 1. The molecule has 0 aliphatic carbocycles. The minimum absolute atomic E-state index is 0.0442. The van der Waals surface area contributed by atoms with Crippen molar-refractivity contribution >= 4 is 15.9 Å². The van der Waals surface area contributed by atoms with Gasteiger partial charge in [0.2, 0.25) is 15.9 Å². The number of nitrogens with two attached hydrogens (primary N) is 1. The van der Waals surface area contributed by atoms with Gasteiger partial charge in [0.05, 0.1) is 5.25 Å². The molecule has 1 heterocycles. The number of amides is 1. The largest absolute Gasteiger partial charge is 0.366 e. The van der Waals surface area contributed by atoms with Crippen LogP contribution >= 0.6 is 0 Å². The summed E-state index contributed by atoms with van der Waals surface area (Å²) in [5.41, 5.74) is 8.73. The van der Waals surface area contributed by atoms with E-state index in [1.165, 1.54) is 0 Å². The van der Waals surface area contributed by atoms with Gasteiger partial charge in [0, 0.05) is 24.1 Å². The Kier molecular flexibility index (Phi) is 6.17. The lowest BCUT2D eigenvalue weighted by molar-refractivity contribution is 0.100. The fourth-order valence-electron chi connectivity index (χ4n) is 3.56. The van der Waals surface area contributed by atoms with Crippen LogP contribution in [0.1, 0.15) is 42.1 Å². The van der Waals surface area contributed by atoms with E-state index >= 15 is 0 Å². The van der Waals surface area contributed by atoms with E-state index in [0.29, 0.717) is 12.1 Å². The van der Waals surface area contributed by atoms with Gasteiger partial charge in [-0.05, 0) is 49.6 Å². The number of benzene rings is 2. The predicted octanol–water partition coefficient (Wildman–Crippen LogP) is 2.23. The zero-order chi connectivity index (χ0) is 20.3. The van der Waals surface area contributed by atoms with Crippen LogP contribution in [0.3, 0.4) is 0 Å². The molecule has 28 heavy (non-hydrogen) atoms. The van der Waals surface area contributed by atoms with Crippen LogP contribution in [0.25, 0.3) is 11.1 Å². The van der Waals surface area contributed by atoms with Crippen LogP contribution in [-0.2, 0) is 10.0 Å². The van der Waals surface area contributed by atoms with Gasteiger partial charge in [-0.2, -0.15) is 0 Å². The van der Waals surface area contributed by atoms with Crippen molar-refractivity contribution in [2.45, 2.75) is 37.5 Å². The maximum absolute atomic E-state index is 12.3. The Labute approximate surface area is 166 Å². The zero-order valence-corrected chi connectivity index (χ0v) is 17.0. The van der Waals surface area contributed by atoms with E-state index in [4.69, 9.17) is 5.73 Å². The smallest absolute Gasteiger partial charge is 0.249 e. The van der Waals surface area contributed by atoms with Gasteiger partial charge in [-0.15, -0.1) is 0 Å². The number of piperidine rings is 1. The molecular weight excluding hydrogens is 374 g/mol. The highest BCUT2D eigenvalue weighted by molar-refractivity contribution is 7.90. The van der Waals surface area contributed by atoms with Crippen LogP contribution in [0.15, 0.2) is 48.5 Å². The average Bonchev–Trinajstić information content (AvgIpc) is 2.68. The summed E-state index contributed by atoms with van der Waals surface area (Å²) in [5.74, 6) is -0.415. The summed E-state index contributed by atoms with van der Waals surface area (Å²) >= 11 is 0. The van der Waals surface area contributed by atoms with Crippen molar-refractivity contribution in [1.29, 1.82) is 0 Å². The van der Waals surface area contributed by atoms with Crippen LogP contribution in [0.5, 0.6) is 0 Å². The fraction of sp³-hybridized carbons (Fsp3) is 0.381. The third-order valence-electron chi connectivity index (χ3n) is 5.26. The van der Waals surface area contributed by atoms with Crippen molar-refractivity contribution in [1.82, 2.24) is 10.0 Å². The van der Waals surface area contributed by atoms with E-state index in [1.807, 2.05) is 36.4 Å². The molecule has 1 fully saturated rings. The van der Waals surface area contributed by atoms with Crippen molar-refractivity contribution in [2.24, 2.45) is 5.73 Å². The second kappa shape index (κ2) is 8.43. The second-order valence-corrected chi connectivity index (χ2v) is 9.72. The Morgan fingerprint density at radius 1 is 1.14 bits per heavy atom. The summed E-state index contributed by atoms with van der Waals surface area (Å²) in [6, 6.07) is 15.0. The SMILES string of the molecule is CC(C)S(=O)(=O)NC1CCNCC1c1ccc(-c2ccccc2C(N)=O)cc1. The van der Waals surface area contributed by atoms with Crippen molar-refractivity contribution in [3.8, 4) is 11.1 Å². The Hall–Kier alpha value is -2.22. The summed E-state index contributed by atoms with van der Waals surface area (Å²) in [5, 5.41) is 2.89. The van der Waals surface area contributed by atoms with Gasteiger partial charge in [-0.25, -0.2) is 13.1 Å². The first-order valence-corrected chi connectivity index (χ1v) is 11.0. The summed E-state index contributed by atoms with van der Waals surface area (Å²) in [4.78, 5) is 11.7. The molecule has 2 unspecified atom stereocenters. The number of hydrogen-bond donors (Lipinski definition) is 3. The van der Waals surface area contributed by atoms with E-state index in [0.717, 1.165) is 29.7 Å². The zero-order valence-electron chi connectivity index (χ0n) is 16.2. The Morgan fingerprint density at radius 3 is 2.46 bits per heavy atom. The number of primary amides is 1. The molecule has 0 bridgehead atoms. The lowest BCUT2D eigenvalue weighted by atomic mass is 9.86. The molecule has 2 atom stereocenters. The third kappa shape index (κ3) is 4.43. The van der Waals surface area contributed by atoms with Gasteiger partial charge in [0.1, 0.15) is 0 Å². The van der Waals surface area contributed by atoms with E-state index in [2.05, 4.69) is 10.0 Å². The fourth-order valence-corrected chi connectivity index (χ4v) is 4.53. The molecule has 0 radical (unpaired) electrons. The van der Waals surface area contributed by atoms with Crippen molar-refractivity contribution in [2.75, 3.05) is 13.1 Å². The molecule has 1 aliphatic rings. The lowest BCUT2D eigenvalue weighted by Gasteiger charge is -2.33. The highest BCUT2D eigenvalue weighted by Gasteiger charge is 2.31. The predicted molar refractivity (Wildman–Crippen MR) is 112 cm³/mol. The third-order valence-corrected chi connectivity index (χ3v) is 7.13. The number of nitrogens with one attached hydrogen (secondary N) is 2. The monoisotopic (exact) mass is 401 g/mol. The van der Waals surface area contributed by atoms with Crippen LogP contribution in [0, 0.1) is 0 Å². The van der Waals surface area contributed by atoms with Crippen LogP contribution in [0.4, 0.5) is 0 Å².